The molecule has 0 bridgehead atoms. The van der Waals surface area contributed by atoms with Crippen molar-refractivity contribution in [3.8, 4) is 0 Å². The Hall–Kier alpha value is -1.35. The van der Waals surface area contributed by atoms with Crippen molar-refractivity contribution in [3.05, 3.63) is 35.9 Å². The summed E-state index contributed by atoms with van der Waals surface area (Å²) in [6.45, 7) is 6.14. The quantitative estimate of drug-likeness (QED) is 0.784. The number of methoxy groups -OCH3 is 1. The maximum atomic E-state index is 12.4. The van der Waals surface area contributed by atoms with E-state index in [9.17, 15) is 4.79 Å². The van der Waals surface area contributed by atoms with Crippen molar-refractivity contribution in [2.75, 3.05) is 20.2 Å². The minimum Gasteiger partial charge on any atom is -0.467 e. The molecule has 0 N–H and O–H groups in total. The molecule has 1 aromatic rings. The minimum atomic E-state index is -0.670. The van der Waals surface area contributed by atoms with Gasteiger partial charge in [-0.15, -0.1) is 0 Å². The number of ether oxygens (including phenoxy) is 1. The third-order valence-electron chi connectivity index (χ3n) is 4.33. The molecule has 0 aliphatic carbocycles. The van der Waals surface area contributed by atoms with Gasteiger partial charge in [0.2, 0.25) is 0 Å². The van der Waals surface area contributed by atoms with Crippen LogP contribution in [0.3, 0.4) is 0 Å². The fourth-order valence-corrected chi connectivity index (χ4v) is 2.85. The van der Waals surface area contributed by atoms with Gasteiger partial charge in [-0.2, -0.15) is 0 Å². The smallest absolute Gasteiger partial charge is 0.330 e. The standard InChI is InChI=1S/C16H23NO2/c1-13-9-11-17(12-10-13)16(2,15(18)19-3)14-7-5-4-6-8-14/h4-8,13H,9-12H2,1-3H3. The molecule has 1 heterocycles. The number of carbonyl (C=O) groups excluding carboxylic acids is 1. The minimum absolute atomic E-state index is 0.173. The molecule has 0 amide bonds. The van der Waals surface area contributed by atoms with Gasteiger partial charge in [-0.05, 0) is 44.3 Å². The molecule has 0 radical (unpaired) electrons. The molecular formula is C16H23NO2. The highest BCUT2D eigenvalue weighted by Gasteiger charge is 2.43. The Morgan fingerprint density at radius 3 is 2.37 bits per heavy atom. The van der Waals surface area contributed by atoms with Crippen LogP contribution in [-0.2, 0) is 15.1 Å². The Morgan fingerprint density at radius 2 is 1.84 bits per heavy atom. The number of esters is 1. The van der Waals surface area contributed by atoms with Crippen LogP contribution >= 0.6 is 0 Å². The van der Waals surface area contributed by atoms with Gasteiger partial charge in [0, 0.05) is 0 Å². The molecule has 0 spiro atoms. The molecule has 1 aliphatic heterocycles. The lowest BCUT2D eigenvalue weighted by Crippen LogP contribution is -2.53. The first kappa shape index (κ1) is 14.1. The van der Waals surface area contributed by atoms with Gasteiger partial charge in [-0.1, -0.05) is 37.3 Å². The molecule has 3 nitrogen and oxygen atoms in total. The second-order valence-electron chi connectivity index (χ2n) is 5.60. The van der Waals surface area contributed by atoms with Crippen molar-refractivity contribution in [2.24, 2.45) is 5.92 Å². The Kier molecular flexibility index (Phi) is 4.25. The Bertz CT molecular complexity index is 424. The number of piperidine rings is 1. The maximum absolute atomic E-state index is 12.4. The van der Waals surface area contributed by atoms with Gasteiger partial charge in [0.1, 0.15) is 5.54 Å². The van der Waals surface area contributed by atoms with Crippen molar-refractivity contribution >= 4 is 5.97 Å². The molecule has 1 aromatic carbocycles. The maximum Gasteiger partial charge on any atom is 0.330 e. The monoisotopic (exact) mass is 261 g/mol. The van der Waals surface area contributed by atoms with Gasteiger partial charge >= 0.3 is 5.97 Å². The van der Waals surface area contributed by atoms with E-state index in [-0.39, 0.29) is 5.97 Å². The molecule has 3 heteroatoms. The second kappa shape index (κ2) is 5.74. The van der Waals surface area contributed by atoms with Crippen LogP contribution in [0, 0.1) is 5.92 Å². The summed E-state index contributed by atoms with van der Waals surface area (Å²) in [4.78, 5) is 14.6. The second-order valence-corrected chi connectivity index (χ2v) is 5.60. The lowest BCUT2D eigenvalue weighted by atomic mass is 9.86. The van der Waals surface area contributed by atoms with Crippen LogP contribution in [0.4, 0.5) is 0 Å². The molecule has 1 unspecified atom stereocenters. The van der Waals surface area contributed by atoms with Crippen LogP contribution in [0.25, 0.3) is 0 Å². The first-order chi connectivity index (χ1) is 9.09. The van der Waals surface area contributed by atoms with E-state index in [4.69, 9.17) is 4.74 Å². The number of hydrogen-bond donors (Lipinski definition) is 0. The van der Waals surface area contributed by atoms with E-state index in [1.54, 1.807) is 0 Å². The molecule has 0 aromatic heterocycles. The van der Waals surface area contributed by atoms with Crippen LogP contribution in [0.2, 0.25) is 0 Å². The Balaban J connectivity index is 2.33. The van der Waals surface area contributed by atoms with Crippen LogP contribution < -0.4 is 0 Å². The zero-order valence-corrected chi connectivity index (χ0v) is 12.1. The SMILES string of the molecule is COC(=O)C(C)(c1ccccc1)N1CCC(C)CC1. The van der Waals surface area contributed by atoms with Crippen molar-refractivity contribution < 1.29 is 9.53 Å². The average molecular weight is 261 g/mol. The van der Waals surface area contributed by atoms with Crippen molar-refractivity contribution in [3.63, 3.8) is 0 Å². The summed E-state index contributed by atoms with van der Waals surface area (Å²) in [5.74, 6) is 0.571. The van der Waals surface area contributed by atoms with E-state index in [2.05, 4.69) is 11.8 Å². The normalized spacial score (nSPS) is 20.8. The summed E-state index contributed by atoms with van der Waals surface area (Å²) in [7, 11) is 1.47. The first-order valence-electron chi connectivity index (χ1n) is 6.98. The summed E-state index contributed by atoms with van der Waals surface area (Å²) >= 11 is 0. The lowest BCUT2D eigenvalue weighted by molar-refractivity contribution is -0.156. The molecule has 1 fully saturated rings. The predicted octanol–water partition coefficient (Wildman–Crippen LogP) is 2.81. The number of benzene rings is 1. The van der Waals surface area contributed by atoms with Crippen molar-refractivity contribution in [2.45, 2.75) is 32.2 Å². The molecule has 1 saturated heterocycles. The van der Waals surface area contributed by atoms with Gasteiger partial charge in [0.15, 0.2) is 0 Å². The highest BCUT2D eigenvalue weighted by Crippen LogP contribution is 2.33. The molecule has 104 valence electrons. The Labute approximate surface area is 115 Å². The van der Waals surface area contributed by atoms with Gasteiger partial charge < -0.3 is 4.74 Å². The van der Waals surface area contributed by atoms with Gasteiger partial charge in [-0.3, -0.25) is 4.90 Å². The Morgan fingerprint density at radius 1 is 1.26 bits per heavy atom. The van der Waals surface area contributed by atoms with Crippen LogP contribution in [-0.4, -0.2) is 31.1 Å². The van der Waals surface area contributed by atoms with Crippen molar-refractivity contribution in [1.29, 1.82) is 0 Å². The van der Waals surface area contributed by atoms with E-state index in [0.29, 0.717) is 0 Å². The molecule has 1 atom stereocenters. The van der Waals surface area contributed by atoms with E-state index in [1.807, 2.05) is 37.3 Å². The fraction of sp³-hybridized carbons (Fsp3) is 0.562. The lowest BCUT2D eigenvalue weighted by Gasteiger charge is -2.42. The van der Waals surface area contributed by atoms with Crippen LogP contribution in [0.1, 0.15) is 32.3 Å². The summed E-state index contributed by atoms with van der Waals surface area (Å²) < 4.78 is 5.07. The first-order valence-corrected chi connectivity index (χ1v) is 6.98. The van der Waals surface area contributed by atoms with Crippen LogP contribution in [0.15, 0.2) is 30.3 Å². The molecular weight excluding hydrogens is 238 g/mol. The summed E-state index contributed by atoms with van der Waals surface area (Å²) in [5, 5.41) is 0. The van der Waals surface area contributed by atoms with Gasteiger partial charge in [-0.25, -0.2) is 4.79 Å². The number of rotatable bonds is 3. The van der Waals surface area contributed by atoms with Gasteiger partial charge in [0.05, 0.1) is 7.11 Å². The highest BCUT2D eigenvalue weighted by molar-refractivity contribution is 5.82. The van der Waals surface area contributed by atoms with Gasteiger partial charge in [0.25, 0.3) is 0 Å². The van der Waals surface area contributed by atoms with Crippen molar-refractivity contribution in [1.82, 2.24) is 4.90 Å². The van der Waals surface area contributed by atoms with E-state index < -0.39 is 5.54 Å². The highest BCUT2D eigenvalue weighted by atomic mass is 16.5. The largest absolute Gasteiger partial charge is 0.467 e. The molecule has 2 rings (SSSR count). The topological polar surface area (TPSA) is 29.5 Å². The number of nitrogens with zero attached hydrogens (tertiary/aromatic N) is 1. The number of likely N-dealkylation sites (tertiary alicyclic amines) is 1. The third-order valence-corrected chi connectivity index (χ3v) is 4.33. The average Bonchev–Trinajstić information content (AvgIpc) is 2.47. The predicted molar refractivity (Wildman–Crippen MR) is 75.8 cm³/mol. The summed E-state index contributed by atoms with van der Waals surface area (Å²) in [6, 6.07) is 9.94. The number of carbonyl (C=O) groups is 1. The number of hydrogen-bond acceptors (Lipinski definition) is 3. The van der Waals surface area contributed by atoms with E-state index in [0.717, 1.165) is 37.4 Å². The fourth-order valence-electron chi connectivity index (χ4n) is 2.85. The molecule has 0 saturated carbocycles. The third kappa shape index (κ3) is 2.66. The van der Waals surface area contributed by atoms with E-state index in [1.165, 1.54) is 7.11 Å². The van der Waals surface area contributed by atoms with E-state index >= 15 is 0 Å². The zero-order chi connectivity index (χ0) is 13.9. The molecule has 19 heavy (non-hydrogen) atoms. The summed E-state index contributed by atoms with van der Waals surface area (Å²) in [6.07, 6.45) is 2.28. The molecule has 1 aliphatic rings. The van der Waals surface area contributed by atoms with Crippen LogP contribution in [0.5, 0.6) is 0 Å². The summed E-state index contributed by atoms with van der Waals surface area (Å²) in [5.41, 5.74) is 0.340. The zero-order valence-electron chi connectivity index (χ0n) is 12.1.